The van der Waals surface area contributed by atoms with E-state index in [1.807, 2.05) is 6.07 Å². The first-order chi connectivity index (χ1) is 7.30. The van der Waals surface area contributed by atoms with E-state index in [2.05, 4.69) is 11.0 Å². The summed E-state index contributed by atoms with van der Waals surface area (Å²) in [5.41, 5.74) is 1.77. The summed E-state index contributed by atoms with van der Waals surface area (Å²) in [6.45, 7) is 0. The molecule has 4 nitrogen and oxygen atoms in total. The molecule has 0 aliphatic heterocycles. The zero-order valence-electron chi connectivity index (χ0n) is 8.06. The Morgan fingerprint density at radius 1 is 1.60 bits per heavy atom. The van der Waals surface area contributed by atoms with Gasteiger partial charge in [0.2, 0.25) is 0 Å². The Kier molecular flexibility index (Phi) is 2.04. The van der Waals surface area contributed by atoms with Crippen molar-refractivity contribution in [1.29, 1.82) is 5.26 Å². The maximum absolute atomic E-state index is 8.87. The highest BCUT2D eigenvalue weighted by Crippen LogP contribution is 2.23. The maximum Gasteiger partial charge on any atom is 0.147 e. The molecular formula is C11H7N3O. The van der Waals surface area contributed by atoms with Crippen LogP contribution in [0.25, 0.3) is 5.52 Å². The van der Waals surface area contributed by atoms with E-state index >= 15 is 0 Å². The first kappa shape index (κ1) is 9.11. The van der Waals surface area contributed by atoms with Gasteiger partial charge >= 0.3 is 0 Å². The molecule has 0 aliphatic carbocycles. The predicted molar refractivity (Wildman–Crippen MR) is 54.4 cm³/mol. The van der Waals surface area contributed by atoms with Gasteiger partial charge in [-0.05, 0) is 6.07 Å². The number of rotatable bonds is 1. The van der Waals surface area contributed by atoms with Gasteiger partial charge in [0.15, 0.2) is 0 Å². The second kappa shape index (κ2) is 3.36. The lowest BCUT2D eigenvalue weighted by atomic mass is 10.2. The highest BCUT2D eigenvalue weighted by atomic mass is 16.5. The summed E-state index contributed by atoms with van der Waals surface area (Å²) in [6, 6.07) is 3.75. The van der Waals surface area contributed by atoms with Crippen molar-refractivity contribution in [3.05, 3.63) is 29.6 Å². The smallest absolute Gasteiger partial charge is 0.147 e. The molecule has 0 saturated carbocycles. The van der Waals surface area contributed by atoms with E-state index in [-0.39, 0.29) is 0 Å². The molecule has 0 amide bonds. The fraction of sp³-hybridized carbons (Fsp3) is 0.0909. The molecule has 0 atom stereocenters. The maximum atomic E-state index is 8.87. The SMILES string of the molecule is C#Cc1cc(OC)c2c(C#N)cnn2c1. The second-order valence-corrected chi connectivity index (χ2v) is 2.90. The van der Waals surface area contributed by atoms with Crippen LogP contribution in [0.3, 0.4) is 0 Å². The van der Waals surface area contributed by atoms with Crippen LogP contribution in [0, 0.1) is 23.7 Å². The lowest BCUT2D eigenvalue weighted by molar-refractivity contribution is 0.417. The van der Waals surface area contributed by atoms with Gasteiger partial charge in [0.1, 0.15) is 22.9 Å². The third-order valence-corrected chi connectivity index (χ3v) is 2.08. The number of methoxy groups -OCH3 is 1. The van der Waals surface area contributed by atoms with Crippen molar-refractivity contribution >= 4 is 5.52 Å². The first-order valence-corrected chi connectivity index (χ1v) is 4.22. The van der Waals surface area contributed by atoms with E-state index < -0.39 is 0 Å². The summed E-state index contributed by atoms with van der Waals surface area (Å²) in [5, 5.41) is 12.9. The number of terminal acetylenes is 1. The van der Waals surface area contributed by atoms with Crippen molar-refractivity contribution in [1.82, 2.24) is 9.61 Å². The van der Waals surface area contributed by atoms with Crippen LogP contribution in [-0.2, 0) is 0 Å². The number of aromatic nitrogens is 2. The largest absolute Gasteiger partial charge is 0.494 e. The zero-order valence-corrected chi connectivity index (χ0v) is 8.06. The minimum absolute atomic E-state index is 0.468. The molecular weight excluding hydrogens is 190 g/mol. The Bertz CT molecular complexity index is 599. The normalized spacial score (nSPS) is 9.53. The molecule has 2 aromatic heterocycles. The molecule has 0 fully saturated rings. The van der Waals surface area contributed by atoms with Crippen LogP contribution in [0.1, 0.15) is 11.1 Å². The Balaban J connectivity index is 2.86. The van der Waals surface area contributed by atoms with E-state index in [0.29, 0.717) is 22.4 Å². The Hall–Kier alpha value is -2.46. The third kappa shape index (κ3) is 1.29. The lowest BCUT2D eigenvalue weighted by Gasteiger charge is -2.03. The van der Waals surface area contributed by atoms with Crippen molar-refractivity contribution in [2.24, 2.45) is 0 Å². The average Bonchev–Trinajstić information content (AvgIpc) is 2.70. The Labute approximate surface area is 86.7 Å². The van der Waals surface area contributed by atoms with Crippen molar-refractivity contribution in [2.75, 3.05) is 7.11 Å². The van der Waals surface area contributed by atoms with Gasteiger partial charge in [-0.3, -0.25) is 0 Å². The van der Waals surface area contributed by atoms with Crippen LogP contribution in [-0.4, -0.2) is 16.7 Å². The summed E-state index contributed by atoms with van der Waals surface area (Å²) < 4.78 is 6.71. The topological polar surface area (TPSA) is 50.3 Å². The molecule has 72 valence electrons. The zero-order chi connectivity index (χ0) is 10.8. The summed E-state index contributed by atoms with van der Waals surface area (Å²) in [4.78, 5) is 0. The molecule has 15 heavy (non-hydrogen) atoms. The van der Waals surface area contributed by atoms with E-state index in [4.69, 9.17) is 16.4 Å². The molecule has 0 aliphatic rings. The number of hydrogen-bond donors (Lipinski definition) is 0. The average molecular weight is 197 g/mol. The van der Waals surface area contributed by atoms with Crippen LogP contribution >= 0.6 is 0 Å². The van der Waals surface area contributed by atoms with Gasteiger partial charge in [-0.15, -0.1) is 6.42 Å². The number of fused-ring (bicyclic) bond motifs is 1. The van der Waals surface area contributed by atoms with Gasteiger partial charge in [-0.1, -0.05) is 5.92 Å². The number of hydrogen-bond acceptors (Lipinski definition) is 3. The van der Waals surface area contributed by atoms with Gasteiger partial charge in [0.25, 0.3) is 0 Å². The van der Waals surface area contributed by atoms with E-state index in [1.54, 1.807) is 16.8 Å². The van der Waals surface area contributed by atoms with Gasteiger partial charge in [0, 0.05) is 11.8 Å². The summed E-state index contributed by atoms with van der Waals surface area (Å²) in [5.74, 6) is 3.05. The number of nitriles is 1. The molecule has 0 aromatic carbocycles. The van der Waals surface area contributed by atoms with Crippen molar-refractivity contribution in [3.63, 3.8) is 0 Å². The number of pyridine rings is 1. The minimum atomic E-state index is 0.468. The molecule has 0 bridgehead atoms. The Morgan fingerprint density at radius 3 is 3.00 bits per heavy atom. The standard InChI is InChI=1S/C11H7N3O/c1-3-8-4-10(15-2)11-9(5-12)6-13-14(11)7-8/h1,4,6-7H,2H3. The van der Waals surface area contributed by atoms with Gasteiger partial charge in [0.05, 0.1) is 13.3 Å². The van der Waals surface area contributed by atoms with Gasteiger partial charge in [-0.2, -0.15) is 10.4 Å². The van der Waals surface area contributed by atoms with Crippen LogP contribution in [0.2, 0.25) is 0 Å². The second-order valence-electron chi connectivity index (χ2n) is 2.90. The Morgan fingerprint density at radius 2 is 2.40 bits per heavy atom. The summed E-state index contributed by atoms with van der Waals surface area (Å²) >= 11 is 0. The molecule has 0 unspecified atom stereocenters. The monoisotopic (exact) mass is 197 g/mol. The van der Waals surface area contributed by atoms with E-state index in [1.165, 1.54) is 13.3 Å². The molecule has 0 radical (unpaired) electrons. The number of ether oxygens (including phenoxy) is 1. The highest BCUT2D eigenvalue weighted by Gasteiger charge is 2.10. The molecule has 0 spiro atoms. The van der Waals surface area contributed by atoms with E-state index in [9.17, 15) is 0 Å². The van der Waals surface area contributed by atoms with Crippen LogP contribution in [0.4, 0.5) is 0 Å². The van der Waals surface area contributed by atoms with Gasteiger partial charge < -0.3 is 4.74 Å². The summed E-state index contributed by atoms with van der Waals surface area (Å²) in [6.07, 6.45) is 8.46. The van der Waals surface area contributed by atoms with E-state index in [0.717, 1.165) is 0 Å². The predicted octanol–water partition coefficient (Wildman–Crippen LogP) is 1.20. The lowest BCUT2D eigenvalue weighted by Crippen LogP contribution is -1.94. The molecule has 0 saturated heterocycles. The molecule has 2 rings (SSSR count). The molecule has 4 heteroatoms. The van der Waals surface area contributed by atoms with Crippen molar-refractivity contribution in [3.8, 4) is 24.2 Å². The van der Waals surface area contributed by atoms with Crippen molar-refractivity contribution in [2.45, 2.75) is 0 Å². The minimum Gasteiger partial charge on any atom is -0.494 e. The fourth-order valence-corrected chi connectivity index (χ4v) is 1.40. The molecule has 2 heterocycles. The molecule has 0 N–H and O–H groups in total. The van der Waals surface area contributed by atoms with Crippen LogP contribution in [0.5, 0.6) is 5.75 Å². The van der Waals surface area contributed by atoms with Crippen molar-refractivity contribution < 1.29 is 4.74 Å². The van der Waals surface area contributed by atoms with Crippen LogP contribution in [0.15, 0.2) is 18.5 Å². The molecule has 2 aromatic rings. The highest BCUT2D eigenvalue weighted by molar-refractivity contribution is 5.70. The first-order valence-electron chi connectivity index (χ1n) is 4.22. The van der Waals surface area contributed by atoms with Gasteiger partial charge in [-0.25, -0.2) is 4.52 Å². The van der Waals surface area contributed by atoms with Crippen LogP contribution < -0.4 is 4.74 Å². The summed E-state index contributed by atoms with van der Waals surface area (Å²) in [7, 11) is 1.53. The third-order valence-electron chi connectivity index (χ3n) is 2.08. The fourth-order valence-electron chi connectivity index (χ4n) is 1.40. The quantitative estimate of drug-likeness (QED) is 0.645. The number of nitrogens with zero attached hydrogens (tertiary/aromatic N) is 3.